The van der Waals surface area contributed by atoms with Crippen LogP contribution in [0.25, 0.3) is 0 Å². The van der Waals surface area contributed by atoms with Gasteiger partial charge in [-0.25, -0.2) is 22.3 Å². The molecule has 0 saturated carbocycles. The van der Waals surface area contributed by atoms with Crippen molar-refractivity contribution in [2.75, 3.05) is 18.7 Å². The molecule has 0 saturated heterocycles. The number of carbonyl (C=O) groups excluding carboxylic acids is 2. The maximum Gasteiger partial charge on any atom is 0.329 e. The first kappa shape index (κ1) is 25.0. The molecule has 0 spiro atoms. The van der Waals surface area contributed by atoms with Gasteiger partial charge in [-0.3, -0.25) is 4.79 Å². The summed E-state index contributed by atoms with van der Waals surface area (Å²) >= 11 is 0. The number of benzene rings is 3. The number of sulfonamides is 1. The van der Waals surface area contributed by atoms with Gasteiger partial charge in [0, 0.05) is 25.2 Å². The summed E-state index contributed by atoms with van der Waals surface area (Å²) in [6.07, 6.45) is 0.0982. The van der Waals surface area contributed by atoms with Crippen LogP contribution in [0.4, 0.5) is 14.9 Å². The Hall–Kier alpha value is -4.12. The van der Waals surface area contributed by atoms with Gasteiger partial charge in [-0.15, -0.1) is 0 Å². The molecule has 0 bridgehead atoms. The van der Waals surface area contributed by atoms with Crippen molar-refractivity contribution in [3.63, 3.8) is 0 Å². The summed E-state index contributed by atoms with van der Waals surface area (Å²) in [5.41, 5.74) is 1.50. The van der Waals surface area contributed by atoms with Crippen molar-refractivity contribution in [2.24, 2.45) is 0 Å². The molecule has 36 heavy (non-hydrogen) atoms. The number of hydrogen-bond donors (Lipinski definition) is 2. The molecule has 4 rings (SSSR count). The number of amides is 3. The third-order valence-electron chi connectivity index (χ3n) is 5.63. The molecule has 1 heterocycles. The second-order valence-corrected chi connectivity index (χ2v) is 9.82. The second kappa shape index (κ2) is 10.2. The number of halogens is 1. The maximum atomic E-state index is 13.6. The van der Waals surface area contributed by atoms with Gasteiger partial charge in [0.25, 0.3) is 10.0 Å². The number of carbonyl (C=O) groups is 2. The highest BCUT2D eigenvalue weighted by molar-refractivity contribution is 7.90. The third-order valence-corrected chi connectivity index (χ3v) is 7.10. The Kier molecular flexibility index (Phi) is 7.11. The van der Waals surface area contributed by atoms with E-state index in [-0.39, 0.29) is 23.7 Å². The highest BCUT2D eigenvalue weighted by atomic mass is 32.2. The number of aryl methyl sites for hydroxylation is 1. The van der Waals surface area contributed by atoms with Crippen LogP contribution in [-0.2, 0) is 21.2 Å². The first-order chi connectivity index (χ1) is 17.1. The molecule has 1 unspecified atom stereocenters. The minimum Gasteiger partial charge on any atom is -0.454 e. The normalized spacial score (nSPS) is 13.1. The van der Waals surface area contributed by atoms with Crippen molar-refractivity contribution >= 4 is 27.6 Å². The van der Waals surface area contributed by atoms with Crippen LogP contribution >= 0.6 is 0 Å². The molecule has 9 nitrogen and oxygen atoms in total. The molecular weight excluding hydrogens is 489 g/mol. The predicted molar refractivity (Wildman–Crippen MR) is 130 cm³/mol. The Bertz CT molecular complexity index is 1400. The number of nitrogens with one attached hydrogen (secondary N) is 2. The fourth-order valence-electron chi connectivity index (χ4n) is 3.73. The molecule has 188 valence electrons. The number of hydrogen-bond acceptors (Lipinski definition) is 6. The van der Waals surface area contributed by atoms with E-state index in [1.165, 1.54) is 24.9 Å². The van der Waals surface area contributed by atoms with Crippen LogP contribution in [0.5, 0.6) is 11.5 Å². The lowest BCUT2D eigenvalue weighted by Gasteiger charge is -2.25. The molecule has 2 N–H and O–H groups in total. The van der Waals surface area contributed by atoms with Crippen molar-refractivity contribution in [2.45, 2.75) is 24.3 Å². The smallest absolute Gasteiger partial charge is 0.329 e. The standard InChI is InChI=1S/C25H24FN3O6S/c1-16-8-9-18(26)13-23(16)36(32,33)28-25(31)27-20(12-17-6-4-3-5-7-17)24(30)29(2)19-10-11-21-22(14-19)35-15-34-21/h3-11,13-14,20H,12,15H2,1-2H3,(H2,27,28,31). The second-order valence-electron chi connectivity index (χ2n) is 8.17. The zero-order valence-corrected chi connectivity index (χ0v) is 20.3. The highest BCUT2D eigenvalue weighted by Crippen LogP contribution is 2.35. The number of fused-ring (bicyclic) bond motifs is 1. The van der Waals surface area contributed by atoms with Crippen molar-refractivity contribution < 1.29 is 31.9 Å². The van der Waals surface area contributed by atoms with Crippen molar-refractivity contribution in [3.8, 4) is 11.5 Å². The molecule has 11 heteroatoms. The number of urea groups is 1. The minimum atomic E-state index is -4.39. The maximum absolute atomic E-state index is 13.6. The molecular formula is C25H24FN3O6S. The van der Waals surface area contributed by atoms with Gasteiger partial charge in [-0.1, -0.05) is 36.4 Å². The fraction of sp³-hybridized carbons (Fsp3) is 0.200. The van der Waals surface area contributed by atoms with Crippen molar-refractivity contribution in [3.05, 3.63) is 83.7 Å². The molecule has 3 aromatic carbocycles. The molecule has 0 fully saturated rings. The van der Waals surface area contributed by atoms with Gasteiger partial charge in [0.05, 0.1) is 4.90 Å². The monoisotopic (exact) mass is 513 g/mol. The molecule has 1 aliphatic heterocycles. The average molecular weight is 514 g/mol. The largest absolute Gasteiger partial charge is 0.454 e. The Morgan fingerprint density at radius 2 is 1.75 bits per heavy atom. The molecule has 0 aliphatic carbocycles. The SMILES string of the molecule is Cc1ccc(F)cc1S(=O)(=O)NC(=O)NC(Cc1ccccc1)C(=O)N(C)c1ccc2c(c1)OCO2. The van der Waals surface area contributed by atoms with E-state index in [2.05, 4.69) is 5.32 Å². The summed E-state index contributed by atoms with van der Waals surface area (Å²) in [4.78, 5) is 27.1. The Balaban J connectivity index is 1.55. The van der Waals surface area contributed by atoms with Gasteiger partial charge in [0.2, 0.25) is 12.7 Å². The molecule has 0 aromatic heterocycles. The summed E-state index contributed by atoms with van der Waals surface area (Å²) in [5.74, 6) is -0.221. The fourth-order valence-corrected chi connectivity index (χ4v) is 4.91. The van der Waals surface area contributed by atoms with Crippen LogP contribution in [0.2, 0.25) is 0 Å². The van der Waals surface area contributed by atoms with E-state index in [1.807, 2.05) is 10.8 Å². The molecule has 0 radical (unpaired) electrons. The van der Waals surface area contributed by atoms with Crippen molar-refractivity contribution in [1.29, 1.82) is 0 Å². The number of likely N-dealkylation sites (N-methyl/N-ethyl adjacent to an activating group) is 1. The van der Waals surface area contributed by atoms with E-state index in [0.29, 0.717) is 17.2 Å². The third kappa shape index (κ3) is 5.57. The number of nitrogens with zero attached hydrogens (tertiary/aromatic N) is 1. The Morgan fingerprint density at radius 3 is 2.50 bits per heavy atom. The Morgan fingerprint density at radius 1 is 1.03 bits per heavy atom. The average Bonchev–Trinajstić information content (AvgIpc) is 3.32. The van der Waals surface area contributed by atoms with Crippen LogP contribution in [0.1, 0.15) is 11.1 Å². The number of anilines is 1. The van der Waals surface area contributed by atoms with Gasteiger partial charge >= 0.3 is 6.03 Å². The van der Waals surface area contributed by atoms with Gasteiger partial charge in [-0.2, -0.15) is 0 Å². The first-order valence-corrected chi connectivity index (χ1v) is 12.4. The lowest BCUT2D eigenvalue weighted by molar-refractivity contribution is -0.120. The van der Waals surface area contributed by atoms with E-state index in [4.69, 9.17) is 9.47 Å². The van der Waals surface area contributed by atoms with E-state index in [9.17, 15) is 22.4 Å². The number of rotatable bonds is 7. The first-order valence-electron chi connectivity index (χ1n) is 10.9. The minimum absolute atomic E-state index is 0.0774. The van der Waals surface area contributed by atoms with E-state index >= 15 is 0 Å². The summed E-state index contributed by atoms with van der Waals surface area (Å²) in [6.45, 7) is 1.56. The lowest BCUT2D eigenvalue weighted by Crippen LogP contribution is -2.52. The van der Waals surface area contributed by atoms with Gasteiger partial charge in [0.1, 0.15) is 11.9 Å². The van der Waals surface area contributed by atoms with Gasteiger partial charge < -0.3 is 19.7 Å². The van der Waals surface area contributed by atoms with Crippen LogP contribution in [0, 0.1) is 12.7 Å². The Labute approximate surface area is 207 Å². The molecule has 1 aliphatic rings. The van der Waals surface area contributed by atoms with Crippen LogP contribution in [0.3, 0.4) is 0 Å². The molecule has 3 aromatic rings. The zero-order valence-electron chi connectivity index (χ0n) is 19.5. The summed E-state index contributed by atoms with van der Waals surface area (Å²) in [6, 6.07) is 14.9. The number of ether oxygens (including phenoxy) is 2. The molecule has 3 amide bonds. The van der Waals surface area contributed by atoms with E-state index < -0.39 is 33.8 Å². The van der Waals surface area contributed by atoms with E-state index in [1.54, 1.807) is 42.5 Å². The summed E-state index contributed by atoms with van der Waals surface area (Å²) in [7, 11) is -2.86. The van der Waals surface area contributed by atoms with Crippen LogP contribution in [0.15, 0.2) is 71.6 Å². The zero-order chi connectivity index (χ0) is 25.9. The lowest BCUT2D eigenvalue weighted by atomic mass is 10.0. The molecule has 1 atom stereocenters. The predicted octanol–water partition coefficient (Wildman–Crippen LogP) is 3.13. The summed E-state index contributed by atoms with van der Waals surface area (Å²) in [5, 5.41) is 2.46. The summed E-state index contributed by atoms with van der Waals surface area (Å²) < 4.78 is 51.6. The van der Waals surface area contributed by atoms with Crippen molar-refractivity contribution in [1.82, 2.24) is 10.0 Å². The van der Waals surface area contributed by atoms with Crippen LogP contribution in [-0.4, -0.2) is 40.2 Å². The topological polar surface area (TPSA) is 114 Å². The van der Waals surface area contributed by atoms with E-state index in [0.717, 1.165) is 17.7 Å². The van der Waals surface area contributed by atoms with Gasteiger partial charge in [-0.05, 0) is 42.3 Å². The van der Waals surface area contributed by atoms with Gasteiger partial charge in [0.15, 0.2) is 11.5 Å². The quantitative estimate of drug-likeness (QED) is 0.502. The highest BCUT2D eigenvalue weighted by Gasteiger charge is 2.28. The van der Waals surface area contributed by atoms with Crippen LogP contribution < -0.4 is 24.4 Å².